The minimum absolute atomic E-state index is 0.668. The van der Waals surface area contributed by atoms with Crippen LogP contribution >= 0.6 is 0 Å². The Morgan fingerprint density at radius 1 is 1.44 bits per heavy atom. The Hall–Kier alpha value is -1.13. The Morgan fingerprint density at radius 3 is 2.89 bits per heavy atom. The van der Waals surface area contributed by atoms with Crippen LogP contribution in [0.4, 0.5) is 5.69 Å². The number of pyridine rings is 1. The van der Waals surface area contributed by atoms with Crippen LogP contribution in [0.2, 0.25) is 0 Å². The van der Waals surface area contributed by atoms with Crippen LogP contribution in [0, 0.1) is 5.92 Å². The number of ether oxygens (including phenoxy) is 1. The highest BCUT2D eigenvalue weighted by atomic mass is 16.5. The summed E-state index contributed by atoms with van der Waals surface area (Å²) in [6.07, 6.45) is 3.77. The van der Waals surface area contributed by atoms with Crippen LogP contribution in [0.1, 0.15) is 19.4 Å². The largest absolute Gasteiger partial charge is 0.383 e. The first-order valence-corrected chi connectivity index (χ1v) is 6.48. The van der Waals surface area contributed by atoms with Gasteiger partial charge in [0.15, 0.2) is 0 Å². The standard InChI is InChI=1S/C14H25N3O/c1-12(2)9-16-10-13-5-6-15-11-14(13)17(3)7-8-18-4/h5-6,11-12,16H,7-10H2,1-4H3. The van der Waals surface area contributed by atoms with Gasteiger partial charge in [-0.2, -0.15) is 0 Å². The van der Waals surface area contributed by atoms with Gasteiger partial charge in [0.05, 0.1) is 18.5 Å². The molecule has 0 fully saturated rings. The molecule has 102 valence electrons. The maximum absolute atomic E-state index is 5.11. The molecule has 0 aliphatic carbocycles. The van der Waals surface area contributed by atoms with Crippen LogP contribution in [-0.4, -0.2) is 38.8 Å². The first-order chi connectivity index (χ1) is 8.65. The lowest BCUT2D eigenvalue weighted by Gasteiger charge is -2.22. The van der Waals surface area contributed by atoms with Crippen molar-refractivity contribution in [3.8, 4) is 0 Å². The SMILES string of the molecule is COCCN(C)c1cnccc1CNCC(C)C. The lowest BCUT2D eigenvalue weighted by Crippen LogP contribution is -2.25. The molecule has 1 N–H and O–H groups in total. The van der Waals surface area contributed by atoms with Crippen LogP contribution in [0.5, 0.6) is 0 Å². The number of nitrogens with zero attached hydrogens (tertiary/aromatic N) is 2. The summed E-state index contributed by atoms with van der Waals surface area (Å²) in [7, 11) is 3.80. The number of aromatic nitrogens is 1. The zero-order valence-electron chi connectivity index (χ0n) is 11.9. The van der Waals surface area contributed by atoms with Gasteiger partial charge in [0.1, 0.15) is 0 Å². The smallest absolute Gasteiger partial charge is 0.0637 e. The number of nitrogens with one attached hydrogen (secondary N) is 1. The number of hydrogen-bond acceptors (Lipinski definition) is 4. The molecule has 0 amide bonds. The van der Waals surface area contributed by atoms with Crippen LogP contribution in [0.3, 0.4) is 0 Å². The Morgan fingerprint density at radius 2 is 2.22 bits per heavy atom. The molecule has 1 aromatic heterocycles. The topological polar surface area (TPSA) is 37.4 Å². The monoisotopic (exact) mass is 251 g/mol. The fraction of sp³-hybridized carbons (Fsp3) is 0.643. The van der Waals surface area contributed by atoms with Crippen LogP contribution in [0.25, 0.3) is 0 Å². The quantitative estimate of drug-likeness (QED) is 0.766. The van der Waals surface area contributed by atoms with Gasteiger partial charge in [0.2, 0.25) is 0 Å². The van der Waals surface area contributed by atoms with Crippen molar-refractivity contribution < 1.29 is 4.74 Å². The van der Waals surface area contributed by atoms with Crippen molar-refractivity contribution in [1.82, 2.24) is 10.3 Å². The summed E-state index contributed by atoms with van der Waals surface area (Å²) >= 11 is 0. The molecule has 0 aliphatic rings. The lowest BCUT2D eigenvalue weighted by molar-refractivity contribution is 0.206. The van der Waals surface area contributed by atoms with Gasteiger partial charge in [-0.15, -0.1) is 0 Å². The highest BCUT2D eigenvalue weighted by Crippen LogP contribution is 2.17. The van der Waals surface area contributed by atoms with E-state index in [0.29, 0.717) is 5.92 Å². The van der Waals surface area contributed by atoms with Gasteiger partial charge in [-0.25, -0.2) is 0 Å². The first-order valence-electron chi connectivity index (χ1n) is 6.48. The molecular formula is C14H25N3O. The Labute approximate surface area is 110 Å². The average Bonchev–Trinajstić information content (AvgIpc) is 2.36. The fourth-order valence-electron chi connectivity index (χ4n) is 1.75. The molecule has 0 spiro atoms. The summed E-state index contributed by atoms with van der Waals surface area (Å²) in [6.45, 7) is 7.94. The minimum atomic E-state index is 0.668. The normalized spacial score (nSPS) is 10.9. The molecule has 0 atom stereocenters. The average molecular weight is 251 g/mol. The summed E-state index contributed by atoms with van der Waals surface area (Å²) in [5.74, 6) is 0.668. The van der Waals surface area contributed by atoms with Crippen LogP contribution in [-0.2, 0) is 11.3 Å². The molecule has 18 heavy (non-hydrogen) atoms. The maximum atomic E-state index is 5.11. The molecular weight excluding hydrogens is 226 g/mol. The molecule has 1 aromatic rings. The zero-order chi connectivity index (χ0) is 13.4. The molecule has 1 rings (SSSR count). The van der Waals surface area contributed by atoms with Crippen molar-refractivity contribution in [3.63, 3.8) is 0 Å². The van der Waals surface area contributed by atoms with E-state index in [1.54, 1.807) is 7.11 Å². The molecule has 4 nitrogen and oxygen atoms in total. The predicted molar refractivity (Wildman–Crippen MR) is 75.9 cm³/mol. The molecule has 4 heteroatoms. The number of rotatable bonds is 8. The molecule has 1 heterocycles. The van der Waals surface area contributed by atoms with E-state index in [1.165, 1.54) is 11.3 Å². The summed E-state index contributed by atoms with van der Waals surface area (Å²) < 4.78 is 5.11. The molecule has 0 saturated carbocycles. The van der Waals surface area contributed by atoms with Crippen molar-refractivity contribution in [2.45, 2.75) is 20.4 Å². The maximum Gasteiger partial charge on any atom is 0.0637 e. The summed E-state index contributed by atoms with van der Waals surface area (Å²) in [6, 6.07) is 2.08. The van der Waals surface area contributed by atoms with Gasteiger partial charge in [-0.1, -0.05) is 13.8 Å². The van der Waals surface area contributed by atoms with Gasteiger partial charge in [-0.3, -0.25) is 4.98 Å². The first kappa shape index (κ1) is 14.9. The number of methoxy groups -OCH3 is 1. The minimum Gasteiger partial charge on any atom is -0.383 e. The van der Waals surface area contributed by atoms with Gasteiger partial charge < -0.3 is 15.0 Å². The molecule has 0 saturated heterocycles. The van der Waals surface area contributed by atoms with Gasteiger partial charge in [0, 0.05) is 33.4 Å². The zero-order valence-corrected chi connectivity index (χ0v) is 11.9. The third kappa shape index (κ3) is 5.02. The van der Waals surface area contributed by atoms with Crippen molar-refractivity contribution in [3.05, 3.63) is 24.0 Å². The second-order valence-electron chi connectivity index (χ2n) is 4.94. The van der Waals surface area contributed by atoms with Gasteiger partial charge in [-0.05, 0) is 24.1 Å². The van der Waals surface area contributed by atoms with E-state index >= 15 is 0 Å². The highest BCUT2D eigenvalue weighted by Gasteiger charge is 2.07. The summed E-state index contributed by atoms with van der Waals surface area (Å²) in [4.78, 5) is 6.39. The van der Waals surface area contributed by atoms with Crippen molar-refractivity contribution in [2.75, 3.05) is 38.8 Å². The Balaban J connectivity index is 2.60. The number of anilines is 1. The Bertz CT molecular complexity index is 342. The number of likely N-dealkylation sites (N-methyl/N-ethyl adjacent to an activating group) is 1. The predicted octanol–water partition coefficient (Wildman–Crippen LogP) is 1.91. The molecule has 0 bridgehead atoms. The highest BCUT2D eigenvalue weighted by molar-refractivity contribution is 5.50. The summed E-state index contributed by atoms with van der Waals surface area (Å²) in [5, 5.41) is 3.47. The Kier molecular flexibility index (Phi) is 6.68. The number of hydrogen-bond donors (Lipinski definition) is 1. The molecule has 0 unspecified atom stereocenters. The third-order valence-corrected chi connectivity index (χ3v) is 2.80. The fourth-order valence-corrected chi connectivity index (χ4v) is 1.75. The third-order valence-electron chi connectivity index (χ3n) is 2.80. The van der Waals surface area contributed by atoms with Crippen LogP contribution < -0.4 is 10.2 Å². The lowest BCUT2D eigenvalue weighted by atomic mass is 10.2. The van der Waals surface area contributed by atoms with Crippen molar-refractivity contribution >= 4 is 5.69 Å². The molecule has 0 aromatic carbocycles. The van der Waals surface area contributed by atoms with E-state index in [9.17, 15) is 0 Å². The second-order valence-corrected chi connectivity index (χ2v) is 4.94. The molecule has 0 aliphatic heterocycles. The molecule has 0 radical (unpaired) electrons. The van der Waals surface area contributed by atoms with Crippen LogP contribution in [0.15, 0.2) is 18.5 Å². The van der Waals surface area contributed by atoms with Gasteiger partial charge >= 0.3 is 0 Å². The summed E-state index contributed by atoms with van der Waals surface area (Å²) in [5.41, 5.74) is 2.45. The second kappa shape index (κ2) is 8.06. The van der Waals surface area contributed by atoms with Gasteiger partial charge in [0.25, 0.3) is 0 Å². The van der Waals surface area contributed by atoms with E-state index in [2.05, 4.69) is 42.2 Å². The van der Waals surface area contributed by atoms with E-state index in [1.807, 2.05) is 12.4 Å². The van der Waals surface area contributed by atoms with E-state index in [4.69, 9.17) is 4.74 Å². The van der Waals surface area contributed by atoms with Crippen molar-refractivity contribution in [2.24, 2.45) is 5.92 Å². The van der Waals surface area contributed by atoms with E-state index in [-0.39, 0.29) is 0 Å². The van der Waals surface area contributed by atoms with E-state index < -0.39 is 0 Å². The van der Waals surface area contributed by atoms with Crippen molar-refractivity contribution in [1.29, 1.82) is 0 Å². The van der Waals surface area contributed by atoms with E-state index in [0.717, 1.165) is 26.2 Å².